The van der Waals surface area contributed by atoms with Gasteiger partial charge in [-0.15, -0.1) is 11.3 Å². The van der Waals surface area contributed by atoms with Crippen LogP contribution < -0.4 is 5.32 Å². The van der Waals surface area contributed by atoms with Crippen molar-refractivity contribution in [2.75, 3.05) is 26.1 Å². The highest BCUT2D eigenvalue weighted by Gasteiger charge is 2.22. The molecule has 0 unspecified atom stereocenters. The maximum atomic E-state index is 12.7. The van der Waals surface area contributed by atoms with E-state index in [1.165, 1.54) is 18.4 Å². The number of methoxy groups -OCH3 is 2. The zero-order valence-corrected chi connectivity index (χ0v) is 17.1. The van der Waals surface area contributed by atoms with E-state index < -0.39 is 5.97 Å². The second-order valence-electron chi connectivity index (χ2n) is 6.61. The monoisotopic (exact) mass is 401 g/mol. The number of aromatic nitrogens is 2. The van der Waals surface area contributed by atoms with Gasteiger partial charge in [0.25, 0.3) is 5.91 Å². The highest BCUT2D eigenvalue weighted by atomic mass is 32.1. The molecule has 0 bridgehead atoms. The van der Waals surface area contributed by atoms with Crippen LogP contribution in [0, 0.1) is 0 Å². The number of nitrogens with zero attached hydrogens (tertiary/aromatic N) is 2. The standard InChI is InChI=1S/C20H23N3O4S/c1-12(2)17-16(19(25)27-4)21-20(28-17)22-18(24)14-5-6-15-13(11-14)7-8-23(15)9-10-26-3/h5-8,11-12H,9-10H2,1-4H3,(H,21,22,24). The van der Waals surface area contributed by atoms with E-state index >= 15 is 0 Å². The molecule has 0 aliphatic rings. The van der Waals surface area contributed by atoms with Gasteiger partial charge >= 0.3 is 5.97 Å². The molecule has 3 rings (SSSR count). The summed E-state index contributed by atoms with van der Waals surface area (Å²) in [5.74, 6) is -0.674. The van der Waals surface area contributed by atoms with Crippen molar-refractivity contribution in [3.8, 4) is 0 Å². The first-order chi connectivity index (χ1) is 13.4. The topological polar surface area (TPSA) is 82.5 Å². The Kier molecular flexibility index (Phi) is 6.11. The lowest BCUT2D eigenvalue weighted by molar-refractivity contribution is 0.0593. The molecule has 8 heteroatoms. The lowest BCUT2D eigenvalue weighted by Crippen LogP contribution is -2.12. The van der Waals surface area contributed by atoms with Crippen molar-refractivity contribution in [3.05, 3.63) is 46.6 Å². The van der Waals surface area contributed by atoms with Gasteiger partial charge in [-0.25, -0.2) is 9.78 Å². The first kappa shape index (κ1) is 20.0. The fourth-order valence-corrected chi connectivity index (χ4v) is 3.87. The van der Waals surface area contributed by atoms with Crippen molar-refractivity contribution in [2.45, 2.75) is 26.3 Å². The largest absolute Gasteiger partial charge is 0.464 e. The van der Waals surface area contributed by atoms with E-state index in [9.17, 15) is 9.59 Å². The smallest absolute Gasteiger partial charge is 0.357 e. The maximum Gasteiger partial charge on any atom is 0.357 e. The van der Waals surface area contributed by atoms with Crippen LogP contribution >= 0.6 is 11.3 Å². The molecular formula is C20H23N3O4S. The van der Waals surface area contributed by atoms with Crippen LogP contribution in [0.1, 0.15) is 45.5 Å². The first-order valence-electron chi connectivity index (χ1n) is 8.92. The van der Waals surface area contributed by atoms with Crippen LogP contribution in [-0.2, 0) is 16.0 Å². The van der Waals surface area contributed by atoms with Crippen LogP contribution in [0.5, 0.6) is 0 Å². The van der Waals surface area contributed by atoms with Gasteiger partial charge in [0.2, 0.25) is 0 Å². The Morgan fingerprint density at radius 1 is 1.25 bits per heavy atom. The third-order valence-electron chi connectivity index (χ3n) is 4.35. The Bertz CT molecular complexity index is 1010. The van der Waals surface area contributed by atoms with Gasteiger partial charge in [0.05, 0.1) is 13.7 Å². The molecule has 148 valence electrons. The molecule has 0 saturated carbocycles. The van der Waals surface area contributed by atoms with E-state index in [1.54, 1.807) is 13.2 Å². The number of thiazole rings is 1. The molecule has 1 amide bonds. The first-order valence-corrected chi connectivity index (χ1v) is 9.74. The van der Waals surface area contributed by atoms with Crippen molar-refractivity contribution in [1.29, 1.82) is 0 Å². The number of carbonyl (C=O) groups excluding carboxylic acids is 2. The Hall–Kier alpha value is -2.71. The van der Waals surface area contributed by atoms with Crippen LogP contribution in [0.15, 0.2) is 30.5 Å². The summed E-state index contributed by atoms with van der Waals surface area (Å²) in [7, 11) is 2.99. The van der Waals surface area contributed by atoms with Gasteiger partial charge in [-0.3, -0.25) is 10.1 Å². The second kappa shape index (κ2) is 8.53. The van der Waals surface area contributed by atoms with E-state index in [0.717, 1.165) is 22.3 Å². The number of benzene rings is 1. The number of hydrogen-bond acceptors (Lipinski definition) is 6. The molecule has 3 aromatic rings. The molecule has 28 heavy (non-hydrogen) atoms. The molecular weight excluding hydrogens is 378 g/mol. The zero-order chi connectivity index (χ0) is 20.3. The Morgan fingerprint density at radius 2 is 2.04 bits per heavy atom. The van der Waals surface area contributed by atoms with Crippen LogP contribution in [0.25, 0.3) is 10.9 Å². The average molecular weight is 401 g/mol. The van der Waals surface area contributed by atoms with Crippen molar-refractivity contribution >= 4 is 39.2 Å². The van der Waals surface area contributed by atoms with Crippen molar-refractivity contribution in [3.63, 3.8) is 0 Å². The van der Waals surface area contributed by atoms with Gasteiger partial charge in [-0.1, -0.05) is 13.8 Å². The summed E-state index contributed by atoms with van der Waals surface area (Å²) in [6.07, 6.45) is 1.98. The number of nitrogens with one attached hydrogen (secondary N) is 1. The summed E-state index contributed by atoms with van der Waals surface area (Å²) in [6.45, 7) is 5.30. The summed E-state index contributed by atoms with van der Waals surface area (Å²) in [6, 6.07) is 7.50. The third-order valence-corrected chi connectivity index (χ3v) is 5.62. The number of anilines is 1. The second-order valence-corrected chi connectivity index (χ2v) is 7.64. The summed E-state index contributed by atoms with van der Waals surface area (Å²) >= 11 is 1.29. The SMILES string of the molecule is COCCn1ccc2cc(C(=O)Nc3nc(C(=O)OC)c(C(C)C)s3)ccc21. The molecule has 0 aliphatic heterocycles. The Balaban J connectivity index is 1.82. The molecule has 0 saturated heterocycles. The molecule has 1 N–H and O–H groups in total. The highest BCUT2D eigenvalue weighted by Crippen LogP contribution is 2.30. The Labute approximate surface area is 167 Å². The minimum Gasteiger partial charge on any atom is -0.464 e. The lowest BCUT2D eigenvalue weighted by atomic mass is 10.1. The normalized spacial score (nSPS) is 11.2. The van der Waals surface area contributed by atoms with Gasteiger partial charge in [-0.05, 0) is 30.2 Å². The summed E-state index contributed by atoms with van der Waals surface area (Å²) in [5, 5.41) is 4.15. The van der Waals surface area contributed by atoms with E-state index in [-0.39, 0.29) is 17.5 Å². The minimum absolute atomic E-state index is 0.0977. The number of rotatable bonds is 7. The molecule has 0 fully saturated rings. The van der Waals surface area contributed by atoms with Gasteiger partial charge in [-0.2, -0.15) is 0 Å². The van der Waals surface area contributed by atoms with Crippen LogP contribution in [-0.4, -0.2) is 42.3 Å². The van der Waals surface area contributed by atoms with Crippen LogP contribution in [0.4, 0.5) is 5.13 Å². The fourth-order valence-electron chi connectivity index (χ4n) is 2.91. The molecule has 7 nitrogen and oxygen atoms in total. The molecule has 0 atom stereocenters. The number of amides is 1. The quantitative estimate of drug-likeness (QED) is 0.607. The third kappa shape index (κ3) is 4.07. The van der Waals surface area contributed by atoms with E-state index in [1.807, 2.05) is 38.2 Å². The zero-order valence-electron chi connectivity index (χ0n) is 16.3. The van der Waals surface area contributed by atoms with E-state index in [4.69, 9.17) is 9.47 Å². The van der Waals surface area contributed by atoms with Crippen LogP contribution in [0.3, 0.4) is 0 Å². The van der Waals surface area contributed by atoms with Crippen molar-refractivity contribution < 1.29 is 19.1 Å². The molecule has 0 aliphatic carbocycles. The number of esters is 1. The predicted molar refractivity (Wildman–Crippen MR) is 109 cm³/mol. The van der Waals surface area contributed by atoms with Gasteiger partial charge in [0.15, 0.2) is 10.8 Å². The summed E-state index contributed by atoms with van der Waals surface area (Å²) < 4.78 is 12.0. The molecule has 0 spiro atoms. The molecule has 0 radical (unpaired) electrons. The van der Waals surface area contributed by atoms with Crippen LogP contribution in [0.2, 0.25) is 0 Å². The molecule has 1 aromatic carbocycles. The van der Waals surface area contributed by atoms with E-state index in [2.05, 4.69) is 14.9 Å². The van der Waals surface area contributed by atoms with Gasteiger partial charge in [0, 0.05) is 41.2 Å². The predicted octanol–water partition coefficient (Wildman–Crippen LogP) is 3.91. The number of hydrogen-bond donors (Lipinski definition) is 1. The van der Waals surface area contributed by atoms with Gasteiger partial charge < -0.3 is 14.0 Å². The number of ether oxygens (including phenoxy) is 2. The van der Waals surface area contributed by atoms with Gasteiger partial charge in [0.1, 0.15) is 0 Å². The number of carbonyl (C=O) groups is 2. The highest BCUT2D eigenvalue weighted by molar-refractivity contribution is 7.16. The Morgan fingerprint density at radius 3 is 2.71 bits per heavy atom. The fraction of sp³-hybridized carbons (Fsp3) is 0.350. The summed E-state index contributed by atoms with van der Waals surface area (Å²) in [4.78, 5) is 29.7. The lowest BCUT2D eigenvalue weighted by Gasteiger charge is -2.06. The number of fused-ring (bicyclic) bond motifs is 1. The van der Waals surface area contributed by atoms with E-state index in [0.29, 0.717) is 17.3 Å². The van der Waals surface area contributed by atoms with Crippen molar-refractivity contribution in [1.82, 2.24) is 9.55 Å². The molecule has 2 heterocycles. The molecule has 2 aromatic heterocycles. The minimum atomic E-state index is -0.501. The van der Waals surface area contributed by atoms with Crippen molar-refractivity contribution in [2.24, 2.45) is 0 Å². The average Bonchev–Trinajstić information content (AvgIpc) is 3.29. The summed E-state index contributed by atoms with van der Waals surface area (Å²) in [5.41, 5.74) is 1.82. The maximum absolute atomic E-state index is 12.7.